The van der Waals surface area contributed by atoms with Crippen molar-refractivity contribution in [2.24, 2.45) is 0 Å². The van der Waals surface area contributed by atoms with E-state index in [1.165, 1.54) is 30.1 Å². The summed E-state index contributed by atoms with van der Waals surface area (Å²) in [5, 5.41) is 19.9. The van der Waals surface area contributed by atoms with E-state index in [-0.39, 0.29) is 22.9 Å². The van der Waals surface area contributed by atoms with Gasteiger partial charge in [-0.1, -0.05) is 23.9 Å². The lowest BCUT2D eigenvalue weighted by molar-refractivity contribution is -0.138. The van der Waals surface area contributed by atoms with Crippen LogP contribution in [-0.2, 0) is 10.5 Å². The summed E-state index contributed by atoms with van der Waals surface area (Å²) in [6, 6.07) is 8.34. The summed E-state index contributed by atoms with van der Waals surface area (Å²) in [6.45, 7) is 0.477. The molecule has 0 spiro atoms. The van der Waals surface area contributed by atoms with Crippen LogP contribution in [0, 0.1) is 11.6 Å². The van der Waals surface area contributed by atoms with Crippen LogP contribution in [0.4, 0.5) is 14.6 Å². The molecule has 4 rings (SSSR count). The Labute approximate surface area is 197 Å². The second kappa shape index (κ2) is 10.0. The number of esters is 1. The van der Waals surface area contributed by atoms with Crippen LogP contribution in [-0.4, -0.2) is 44.7 Å². The highest BCUT2D eigenvalue weighted by molar-refractivity contribution is 7.98. The number of hydrogen-bond donors (Lipinski definition) is 2. The van der Waals surface area contributed by atoms with Gasteiger partial charge in [0.2, 0.25) is 0 Å². The molecule has 1 unspecified atom stereocenters. The van der Waals surface area contributed by atoms with Crippen LogP contribution in [0.2, 0.25) is 0 Å². The van der Waals surface area contributed by atoms with Gasteiger partial charge in [0, 0.05) is 18.4 Å². The summed E-state index contributed by atoms with van der Waals surface area (Å²) >= 11 is 1.28. The third-order valence-corrected chi connectivity index (χ3v) is 6.12. The van der Waals surface area contributed by atoms with Gasteiger partial charge >= 0.3 is 11.9 Å². The van der Waals surface area contributed by atoms with Gasteiger partial charge in [0.1, 0.15) is 11.9 Å². The molecule has 1 atom stereocenters. The van der Waals surface area contributed by atoms with E-state index in [0.717, 1.165) is 17.7 Å². The van der Waals surface area contributed by atoms with Crippen molar-refractivity contribution in [2.75, 3.05) is 11.4 Å². The number of hydrogen-bond acceptors (Lipinski definition) is 8. The highest BCUT2D eigenvalue weighted by atomic mass is 32.2. The number of carboxylic acid groups (broad SMARTS) is 1. The molecule has 0 amide bonds. The molecule has 0 saturated carbocycles. The van der Waals surface area contributed by atoms with E-state index in [9.17, 15) is 28.6 Å². The Balaban J connectivity index is 1.40. The van der Waals surface area contributed by atoms with E-state index in [1.807, 2.05) is 0 Å². The lowest BCUT2D eigenvalue weighted by Gasteiger charge is -2.23. The normalized spacial score (nSPS) is 15.4. The van der Waals surface area contributed by atoms with Crippen molar-refractivity contribution >= 4 is 29.5 Å². The molecule has 176 valence electrons. The fourth-order valence-corrected chi connectivity index (χ4v) is 4.28. The van der Waals surface area contributed by atoms with Gasteiger partial charge in [-0.2, -0.15) is 0 Å². The zero-order valence-corrected chi connectivity index (χ0v) is 18.5. The Morgan fingerprint density at radius 3 is 2.65 bits per heavy atom. The van der Waals surface area contributed by atoms with Crippen molar-refractivity contribution in [2.45, 2.75) is 29.8 Å². The average Bonchev–Trinajstić information content (AvgIpc) is 3.31. The lowest BCUT2D eigenvalue weighted by Crippen LogP contribution is -2.36. The fourth-order valence-electron chi connectivity index (χ4n) is 3.51. The van der Waals surface area contributed by atoms with Gasteiger partial charge in [0.25, 0.3) is 0 Å². The molecule has 0 radical (unpaired) electrons. The topological polar surface area (TPSA) is 113 Å². The number of anilines is 1. The van der Waals surface area contributed by atoms with Crippen LogP contribution < -0.4 is 9.64 Å². The number of aliphatic carboxylic acids is 1. The SMILES string of the molecule is O=C(Oc1ccc(F)cc1F)c1ccc(CSc2ncc(O)c(N3CCCC3C(=O)O)n2)cc1. The first-order valence-corrected chi connectivity index (χ1v) is 11.2. The van der Waals surface area contributed by atoms with E-state index in [0.29, 0.717) is 36.4 Å². The third-order valence-electron chi connectivity index (χ3n) is 5.19. The van der Waals surface area contributed by atoms with Gasteiger partial charge in [-0.05, 0) is 42.7 Å². The van der Waals surface area contributed by atoms with Crippen molar-refractivity contribution in [1.29, 1.82) is 0 Å². The minimum atomic E-state index is -0.974. The number of halogens is 2. The van der Waals surface area contributed by atoms with Gasteiger partial charge in [0.15, 0.2) is 28.3 Å². The third kappa shape index (κ3) is 5.25. The molecule has 1 fully saturated rings. The maximum Gasteiger partial charge on any atom is 0.343 e. The quantitative estimate of drug-likeness (QED) is 0.221. The summed E-state index contributed by atoms with van der Waals surface area (Å²) in [4.78, 5) is 33.7. The van der Waals surface area contributed by atoms with Crippen molar-refractivity contribution in [3.8, 4) is 11.5 Å². The van der Waals surface area contributed by atoms with E-state index in [2.05, 4.69) is 9.97 Å². The molecule has 0 aliphatic carbocycles. The van der Waals surface area contributed by atoms with Crippen LogP contribution in [0.5, 0.6) is 11.5 Å². The molecule has 1 aromatic heterocycles. The molecular formula is C23H19F2N3O5S. The average molecular weight is 487 g/mol. The Bertz CT molecular complexity index is 1230. The molecule has 2 heterocycles. The first-order valence-electron chi connectivity index (χ1n) is 10.3. The number of benzene rings is 2. The zero-order valence-electron chi connectivity index (χ0n) is 17.6. The van der Waals surface area contributed by atoms with Gasteiger partial charge in [0.05, 0.1) is 11.8 Å². The molecule has 0 bridgehead atoms. The molecule has 1 aliphatic rings. The second-order valence-corrected chi connectivity index (χ2v) is 8.44. The number of thioether (sulfide) groups is 1. The van der Waals surface area contributed by atoms with Gasteiger partial charge in [-0.15, -0.1) is 0 Å². The molecule has 34 heavy (non-hydrogen) atoms. The standard InChI is InChI=1S/C23H19F2N3O5S/c24-15-7-8-19(16(25)10-15)33-22(32)14-5-3-13(4-6-14)12-34-23-26-11-18(29)20(27-23)28-9-1-2-17(28)21(30)31/h3-8,10-11,17,29H,1-2,9,12H2,(H,30,31). The number of aromatic nitrogens is 2. The summed E-state index contributed by atoms with van der Waals surface area (Å²) in [5.41, 5.74) is 1.02. The molecule has 2 aromatic carbocycles. The zero-order chi connectivity index (χ0) is 24.2. The molecule has 1 saturated heterocycles. The summed E-state index contributed by atoms with van der Waals surface area (Å²) in [6.07, 6.45) is 2.41. The van der Waals surface area contributed by atoms with Gasteiger partial charge in [-0.3, -0.25) is 0 Å². The lowest BCUT2D eigenvalue weighted by atomic mass is 10.1. The molecule has 11 heteroatoms. The first-order chi connectivity index (χ1) is 16.3. The largest absolute Gasteiger partial charge is 0.503 e. The summed E-state index contributed by atoms with van der Waals surface area (Å²) < 4.78 is 31.7. The van der Waals surface area contributed by atoms with E-state index in [4.69, 9.17) is 4.74 Å². The Hall–Kier alpha value is -3.73. The van der Waals surface area contributed by atoms with Crippen LogP contribution in [0.15, 0.2) is 53.8 Å². The predicted molar refractivity (Wildman–Crippen MR) is 119 cm³/mol. The molecule has 3 aromatic rings. The number of ether oxygens (including phenoxy) is 1. The Kier molecular flexibility index (Phi) is 6.92. The van der Waals surface area contributed by atoms with Crippen LogP contribution in [0.3, 0.4) is 0 Å². The smallest absolute Gasteiger partial charge is 0.343 e. The van der Waals surface area contributed by atoms with E-state index in [1.54, 1.807) is 17.0 Å². The molecule has 2 N–H and O–H groups in total. The Morgan fingerprint density at radius 1 is 1.18 bits per heavy atom. The highest BCUT2D eigenvalue weighted by Gasteiger charge is 2.33. The number of nitrogens with zero attached hydrogens (tertiary/aromatic N) is 3. The molecule has 1 aliphatic heterocycles. The van der Waals surface area contributed by atoms with E-state index >= 15 is 0 Å². The van der Waals surface area contributed by atoms with Gasteiger partial charge in [-0.25, -0.2) is 28.3 Å². The summed E-state index contributed by atoms with van der Waals surface area (Å²) in [5.74, 6) is -3.42. The van der Waals surface area contributed by atoms with Crippen LogP contribution in [0.1, 0.15) is 28.8 Å². The Morgan fingerprint density at radius 2 is 1.94 bits per heavy atom. The molecular weight excluding hydrogens is 468 g/mol. The number of carbonyl (C=O) groups is 2. The maximum absolute atomic E-state index is 13.7. The highest BCUT2D eigenvalue weighted by Crippen LogP contribution is 2.33. The van der Waals surface area contributed by atoms with Crippen molar-refractivity contribution in [3.63, 3.8) is 0 Å². The minimum absolute atomic E-state index is 0.182. The van der Waals surface area contributed by atoms with Crippen molar-refractivity contribution < 1.29 is 33.3 Å². The van der Waals surface area contributed by atoms with Crippen LogP contribution >= 0.6 is 11.8 Å². The number of carbonyl (C=O) groups excluding carboxylic acids is 1. The van der Waals surface area contributed by atoms with Gasteiger partial charge < -0.3 is 19.8 Å². The molecule has 8 nitrogen and oxygen atoms in total. The number of aromatic hydroxyl groups is 1. The van der Waals surface area contributed by atoms with Crippen LogP contribution in [0.25, 0.3) is 0 Å². The minimum Gasteiger partial charge on any atom is -0.503 e. The number of rotatable bonds is 7. The maximum atomic E-state index is 13.7. The number of carboxylic acids is 1. The van der Waals surface area contributed by atoms with Crippen molar-refractivity contribution in [1.82, 2.24) is 9.97 Å². The van der Waals surface area contributed by atoms with Crippen molar-refractivity contribution in [3.05, 3.63) is 71.4 Å². The summed E-state index contributed by atoms with van der Waals surface area (Å²) in [7, 11) is 0. The first kappa shape index (κ1) is 23.4. The predicted octanol–water partition coefficient (Wildman–Crippen LogP) is 4.03. The monoisotopic (exact) mass is 487 g/mol. The second-order valence-electron chi connectivity index (χ2n) is 7.50. The van der Waals surface area contributed by atoms with E-state index < -0.39 is 29.6 Å². The fraction of sp³-hybridized carbons (Fsp3) is 0.217.